The number of rotatable bonds is 5. The Balaban J connectivity index is 1.72. The van der Waals surface area contributed by atoms with E-state index in [0.717, 1.165) is 23.6 Å². The highest BCUT2D eigenvalue weighted by atomic mass is 32.1. The molecule has 0 aromatic carbocycles. The van der Waals surface area contributed by atoms with Crippen LogP contribution in [0.2, 0.25) is 0 Å². The van der Waals surface area contributed by atoms with Gasteiger partial charge < -0.3 is 4.90 Å². The van der Waals surface area contributed by atoms with E-state index in [0.29, 0.717) is 0 Å². The van der Waals surface area contributed by atoms with Crippen LogP contribution in [0.4, 0.5) is 0 Å². The minimum Gasteiger partial charge on any atom is -0.300 e. The molecule has 2 fully saturated rings. The summed E-state index contributed by atoms with van der Waals surface area (Å²) in [5, 5.41) is 0. The highest BCUT2D eigenvalue weighted by Crippen LogP contribution is 2.24. The quantitative estimate of drug-likeness (QED) is 0.768. The van der Waals surface area contributed by atoms with Crippen molar-refractivity contribution in [2.75, 3.05) is 38.5 Å². The van der Waals surface area contributed by atoms with Crippen molar-refractivity contribution >= 4 is 12.6 Å². The molecule has 1 heterocycles. The van der Waals surface area contributed by atoms with E-state index >= 15 is 0 Å². The summed E-state index contributed by atoms with van der Waals surface area (Å²) < 4.78 is 0. The number of hydrogen-bond donors (Lipinski definition) is 1. The van der Waals surface area contributed by atoms with Crippen molar-refractivity contribution in [1.82, 2.24) is 9.80 Å². The average Bonchev–Trinajstić information content (AvgIpc) is 2.90. The number of nitrogens with zero attached hydrogens (tertiary/aromatic N) is 2. The summed E-state index contributed by atoms with van der Waals surface area (Å²) in [6.45, 7) is 11.0. The molecule has 1 aliphatic heterocycles. The average molecular weight is 270 g/mol. The first-order valence-corrected chi connectivity index (χ1v) is 8.41. The lowest BCUT2D eigenvalue weighted by Crippen LogP contribution is -2.51. The molecule has 106 valence electrons. The Morgan fingerprint density at radius 1 is 1.06 bits per heavy atom. The molecule has 0 aromatic heterocycles. The Morgan fingerprint density at radius 3 is 2.17 bits per heavy atom. The zero-order valence-electron chi connectivity index (χ0n) is 12.1. The van der Waals surface area contributed by atoms with Gasteiger partial charge in [0.1, 0.15) is 0 Å². The molecule has 0 radical (unpaired) electrons. The van der Waals surface area contributed by atoms with Gasteiger partial charge in [0.25, 0.3) is 0 Å². The maximum Gasteiger partial charge on any atom is 0.0113 e. The van der Waals surface area contributed by atoms with Crippen LogP contribution in [0.25, 0.3) is 0 Å². The lowest BCUT2D eigenvalue weighted by molar-refractivity contribution is 0.0848. The molecule has 0 bridgehead atoms. The summed E-state index contributed by atoms with van der Waals surface area (Å²) in [7, 11) is 0. The third-order valence-corrected chi connectivity index (χ3v) is 5.39. The standard InChI is InChI=1S/C15H30N2S/c1-13(2)14(12-18)11-16-7-9-17(10-8-16)15-5-3-4-6-15/h13-15,18H,3-12H2,1-2H3. The Hall–Kier alpha value is 0.270. The molecule has 0 amide bonds. The molecule has 2 aliphatic rings. The molecule has 0 spiro atoms. The van der Waals surface area contributed by atoms with E-state index in [1.54, 1.807) is 0 Å². The van der Waals surface area contributed by atoms with Gasteiger partial charge in [0.05, 0.1) is 0 Å². The van der Waals surface area contributed by atoms with Gasteiger partial charge in [-0.15, -0.1) is 0 Å². The van der Waals surface area contributed by atoms with E-state index in [4.69, 9.17) is 0 Å². The fourth-order valence-corrected chi connectivity index (χ4v) is 3.93. The highest BCUT2D eigenvalue weighted by Gasteiger charge is 2.27. The van der Waals surface area contributed by atoms with Crippen LogP contribution < -0.4 is 0 Å². The van der Waals surface area contributed by atoms with Crippen molar-refractivity contribution in [3.8, 4) is 0 Å². The maximum atomic E-state index is 4.51. The fraction of sp³-hybridized carbons (Fsp3) is 1.00. The maximum absolute atomic E-state index is 4.51. The first-order valence-electron chi connectivity index (χ1n) is 7.78. The molecule has 2 nitrogen and oxygen atoms in total. The van der Waals surface area contributed by atoms with Crippen LogP contribution in [0, 0.1) is 11.8 Å². The van der Waals surface area contributed by atoms with Gasteiger partial charge in [-0.3, -0.25) is 4.90 Å². The number of hydrogen-bond acceptors (Lipinski definition) is 3. The Kier molecular flexibility index (Phi) is 5.84. The van der Waals surface area contributed by atoms with Gasteiger partial charge in [-0.2, -0.15) is 12.6 Å². The second-order valence-electron chi connectivity index (χ2n) is 6.46. The van der Waals surface area contributed by atoms with Crippen molar-refractivity contribution in [3.63, 3.8) is 0 Å². The van der Waals surface area contributed by atoms with Gasteiger partial charge in [-0.1, -0.05) is 26.7 Å². The third kappa shape index (κ3) is 3.88. The molecule has 18 heavy (non-hydrogen) atoms. The second-order valence-corrected chi connectivity index (χ2v) is 6.83. The van der Waals surface area contributed by atoms with Gasteiger partial charge >= 0.3 is 0 Å². The molecular weight excluding hydrogens is 240 g/mol. The van der Waals surface area contributed by atoms with Crippen LogP contribution in [-0.2, 0) is 0 Å². The lowest BCUT2D eigenvalue weighted by atomic mass is 9.97. The molecule has 1 saturated carbocycles. The van der Waals surface area contributed by atoms with E-state index in [1.165, 1.54) is 58.4 Å². The van der Waals surface area contributed by atoms with Crippen LogP contribution >= 0.6 is 12.6 Å². The monoisotopic (exact) mass is 270 g/mol. The zero-order valence-corrected chi connectivity index (χ0v) is 13.0. The molecule has 1 atom stereocenters. The van der Waals surface area contributed by atoms with E-state index < -0.39 is 0 Å². The fourth-order valence-electron chi connectivity index (χ4n) is 3.39. The first-order chi connectivity index (χ1) is 8.70. The van der Waals surface area contributed by atoms with Crippen molar-refractivity contribution in [2.24, 2.45) is 11.8 Å². The smallest absolute Gasteiger partial charge is 0.0113 e. The molecule has 1 saturated heterocycles. The molecule has 3 heteroatoms. The van der Waals surface area contributed by atoms with E-state index in [-0.39, 0.29) is 0 Å². The summed E-state index contributed by atoms with van der Waals surface area (Å²) in [6.07, 6.45) is 5.82. The predicted octanol–water partition coefficient (Wildman–Crippen LogP) is 2.75. The third-order valence-electron chi connectivity index (χ3n) is 4.92. The Labute approximate surface area is 119 Å². The summed E-state index contributed by atoms with van der Waals surface area (Å²) in [6, 6.07) is 0.915. The van der Waals surface area contributed by atoms with E-state index in [1.807, 2.05) is 0 Å². The molecule has 0 N–H and O–H groups in total. The second kappa shape index (κ2) is 7.16. The van der Waals surface area contributed by atoms with Gasteiger partial charge in [-0.05, 0) is 30.4 Å². The van der Waals surface area contributed by atoms with E-state index in [9.17, 15) is 0 Å². The topological polar surface area (TPSA) is 6.48 Å². The van der Waals surface area contributed by atoms with Gasteiger partial charge in [-0.25, -0.2) is 0 Å². The Bertz CT molecular complexity index is 231. The van der Waals surface area contributed by atoms with Crippen LogP contribution in [0.15, 0.2) is 0 Å². The molecule has 1 unspecified atom stereocenters. The molecular formula is C15H30N2S. The normalized spacial score (nSPS) is 26.0. The first kappa shape index (κ1) is 14.7. The van der Waals surface area contributed by atoms with Gasteiger partial charge in [0, 0.05) is 38.8 Å². The summed E-state index contributed by atoms with van der Waals surface area (Å²) in [5.41, 5.74) is 0. The largest absolute Gasteiger partial charge is 0.300 e. The van der Waals surface area contributed by atoms with Crippen LogP contribution in [0.5, 0.6) is 0 Å². The Morgan fingerprint density at radius 2 is 1.67 bits per heavy atom. The summed E-state index contributed by atoms with van der Waals surface area (Å²) in [5.74, 6) is 2.54. The van der Waals surface area contributed by atoms with Gasteiger partial charge in [0.15, 0.2) is 0 Å². The van der Waals surface area contributed by atoms with Crippen LogP contribution in [0.3, 0.4) is 0 Å². The van der Waals surface area contributed by atoms with Crippen LogP contribution in [0.1, 0.15) is 39.5 Å². The molecule has 2 rings (SSSR count). The summed E-state index contributed by atoms with van der Waals surface area (Å²) >= 11 is 4.51. The van der Waals surface area contributed by atoms with Crippen LogP contribution in [-0.4, -0.2) is 54.3 Å². The van der Waals surface area contributed by atoms with Crippen molar-refractivity contribution < 1.29 is 0 Å². The summed E-state index contributed by atoms with van der Waals surface area (Å²) in [4.78, 5) is 5.40. The van der Waals surface area contributed by atoms with Crippen molar-refractivity contribution in [1.29, 1.82) is 0 Å². The number of piperazine rings is 1. The number of thiol groups is 1. The highest BCUT2D eigenvalue weighted by molar-refractivity contribution is 7.80. The van der Waals surface area contributed by atoms with E-state index in [2.05, 4.69) is 36.3 Å². The predicted molar refractivity (Wildman–Crippen MR) is 82.5 cm³/mol. The molecule has 1 aliphatic carbocycles. The lowest BCUT2D eigenvalue weighted by Gasteiger charge is -2.39. The van der Waals surface area contributed by atoms with Crippen molar-refractivity contribution in [2.45, 2.75) is 45.6 Å². The minimum absolute atomic E-state index is 0.756. The zero-order chi connectivity index (χ0) is 13.0. The van der Waals surface area contributed by atoms with Crippen molar-refractivity contribution in [3.05, 3.63) is 0 Å². The SMILES string of the molecule is CC(C)C(CS)CN1CCN(C2CCCC2)CC1. The molecule has 0 aromatic rings. The minimum atomic E-state index is 0.756. The van der Waals surface area contributed by atoms with Gasteiger partial charge in [0.2, 0.25) is 0 Å².